The number of nitro groups is 2. The lowest BCUT2D eigenvalue weighted by Crippen LogP contribution is -2.24. The number of halogens is 3. The fourth-order valence-electron chi connectivity index (χ4n) is 18.0. The van der Waals surface area contributed by atoms with Crippen molar-refractivity contribution in [3.05, 3.63) is 337 Å². The van der Waals surface area contributed by atoms with Crippen LogP contribution in [-0.2, 0) is 185 Å². The number of nitro benzene ring substituents is 2. The van der Waals surface area contributed by atoms with Gasteiger partial charge >= 0.3 is 23.9 Å². The summed E-state index contributed by atoms with van der Waals surface area (Å²) in [5, 5.41) is 30.7. The van der Waals surface area contributed by atoms with Gasteiger partial charge in [-0.1, -0.05) is 136 Å². The smallest absolute Gasteiger partial charge is 0.331 e. The van der Waals surface area contributed by atoms with Gasteiger partial charge in [0.1, 0.15) is 16.8 Å². The van der Waals surface area contributed by atoms with Crippen LogP contribution in [0.1, 0.15) is 356 Å². The molecule has 19 nitrogen and oxygen atoms in total. The number of rotatable bonds is 14. The van der Waals surface area contributed by atoms with Crippen LogP contribution >= 0.6 is 43.5 Å². The number of hydrogen-bond donors (Lipinski definition) is 1. The van der Waals surface area contributed by atoms with E-state index in [4.69, 9.17) is 52.9 Å². The van der Waals surface area contributed by atoms with Crippen LogP contribution in [-0.4, -0.2) is 84.0 Å². The van der Waals surface area contributed by atoms with E-state index in [1.165, 1.54) is 11.6 Å². The third-order valence-corrected chi connectivity index (χ3v) is 25.6. The summed E-state index contributed by atoms with van der Waals surface area (Å²) in [6.45, 7) is 19.8. The Kier molecular flexibility index (Phi) is 30.4. The van der Waals surface area contributed by atoms with Crippen molar-refractivity contribution in [2.24, 2.45) is 0 Å². The highest BCUT2D eigenvalue weighted by Crippen LogP contribution is 2.43. The molecule has 732 valence electrons. The van der Waals surface area contributed by atoms with Crippen LogP contribution in [0.15, 0.2) is 161 Å². The van der Waals surface area contributed by atoms with Crippen LogP contribution in [0.25, 0.3) is 6.08 Å². The van der Waals surface area contributed by atoms with Crippen molar-refractivity contribution in [2.45, 2.75) is 323 Å². The van der Waals surface area contributed by atoms with Crippen molar-refractivity contribution in [3.8, 4) is 0 Å². The number of carbonyl (C=O) groups excluding carboxylic acids is 8. The first-order valence-electron chi connectivity index (χ1n) is 55.5. The zero-order valence-electron chi connectivity index (χ0n) is 96.4. The highest BCUT2D eigenvalue weighted by atomic mass is 79.9. The van der Waals surface area contributed by atoms with Crippen LogP contribution < -0.4 is 0 Å². The van der Waals surface area contributed by atoms with Gasteiger partial charge < -0.3 is 19.3 Å². The average molecular weight is 2050 g/mol. The number of nitrogens with zero attached hydrogens (tertiary/aromatic N) is 2. The molecular weight excluding hydrogens is 1900 g/mol. The standard InChI is InChI=1S/C16H22O2.C16H20O2.C12H13ClO.2C12H11NO3.C12H14O2.C12H12O.C9H7BrO.C9H9Br.C7H12O2/c2*1-16(2,3)18-15(17)10-8-12-7-9-13-5-4-6-14(13)11-12;13-12(14)7-5-9-4-6-10-2-1-3-11(10)8-9;14-10-5-4-8-6-7-2-1-3-9(7)12(11(8)10)13(15)16;14-11-5-4-9-10(11)6-7-2-1-3-8(7)12(9)13(15)16;13-12(14)7-5-9-4-6-10-2-1-3-11(10)8-9;13-12-5-4-10-6-8-2-1-3-9(8)7-11(10)12;10-7-2-3-8-6(5-7)1-4-9(8)11;10-9-5-4-7-2-1-3-8(7)6-9;1-5-6(8)9-7(2,3)4/h7,9,11H,4-6,8,10H2,1-3H3;7-11H,4-6H2,1-3H3;4,6,8H,1-3,5,7H2;2*6H,1-5H2;4,6,8H,1-3,5,7H2,(H,13,14);6-7H,1-5H2;2-3,5H,1,4H2;4-6H,1-3H2;5H,1H2,2-4H3/b;10-8+;;;;;;;;/i2*5D2;2D2;3D2;2*2D2;3D2;;2D2;. The monoisotopic (exact) mass is 2040 g/mol. The molecule has 0 spiro atoms. The van der Waals surface area contributed by atoms with Crippen LogP contribution in [0.2, 0.25) is 0 Å². The summed E-state index contributed by atoms with van der Waals surface area (Å²) in [7, 11) is 0. The normalized spacial score (nSPS) is 20.0. The molecule has 0 atom stereocenters. The molecule has 0 amide bonds. The van der Waals surface area contributed by atoms with Crippen molar-refractivity contribution in [1.29, 1.82) is 0 Å². The van der Waals surface area contributed by atoms with Gasteiger partial charge in [0.05, 0.1) is 15.4 Å². The van der Waals surface area contributed by atoms with Crippen molar-refractivity contribution in [1.82, 2.24) is 0 Å². The third kappa shape index (κ3) is 31.1. The fourth-order valence-corrected chi connectivity index (χ4v) is 19.0. The maximum absolute atomic E-state index is 11.8. The van der Waals surface area contributed by atoms with Gasteiger partial charge in [0, 0.05) is 121 Å². The zero-order chi connectivity index (χ0) is 114. The van der Waals surface area contributed by atoms with E-state index in [0.717, 1.165) is 172 Å². The lowest BCUT2D eigenvalue weighted by molar-refractivity contribution is -0.386. The molecule has 0 aliphatic heterocycles. The number of ketones is 4. The second kappa shape index (κ2) is 49.2. The van der Waals surface area contributed by atoms with E-state index in [0.29, 0.717) is 155 Å². The number of carboxylic acid groups (broad SMARTS) is 1. The van der Waals surface area contributed by atoms with Gasteiger partial charge in [0.15, 0.2) is 23.1 Å². The molecule has 22 heteroatoms. The molecule has 0 bridgehead atoms. The molecule has 0 aromatic heterocycles. The lowest BCUT2D eigenvalue weighted by atomic mass is 9.99. The predicted octanol–water partition coefficient (Wildman–Crippen LogP) is 25.8. The van der Waals surface area contributed by atoms with Gasteiger partial charge in [-0.05, 0) is 432 Å². The Morgan fingerprint density at radius 2 is 0.777 bits per heavy atom. The molecule has 12 aliphatic carbocycles. The minimum absolute atomic E-state index is 0.0188. The Labute approximate surface area is 862 Å². The van der Waals surface area contributed by atoms with E-state index < -0.39 is 83.6 Å². The number of aliphatic carboxylic acids is 1. The first-order chi connectivity index (χ1) is 72.0. The van der Waals surface area contributed by atoms with Gasteiger partial charge in [-0.25, -0.2) is 9.59 Å². The summed E-state index contributed by atoms with van der Waals surface area (Å²) in [5.74, 6) is -1.61. The first kappa shape index (κ1) is 85.7. The highest BCUT2D eigenvalue weighted by molar-refractivity contribution is 9.10. The predicted molar refractivity (Wildman–Crippen MR) is 554 cm³/mol. The second-order valence-corrected chi connectivity index (χ2v) is 40.5. The van der Waals surface area contributed by atoms with E-state index in [1.54, 1.807) is 30.3 Å². The number of aryl methyl sites for hydroxylation is 20. The largest absolute Gasteiger partial charge is 0.481 e. The third-order valence-electron chi connectivity index (χ3n) is 24.4. The number of fused-ring (bicyclic) bond motifs is 12. The number of Topliss-reactive ketones (excluding diaryl/α,β-unsaturated/α-hetero) is 4. The van der Waals surface area contributed by atoms with Crippen molar-refractivity contribution in [3.63, 3.8) is 0 Å². The van der Waals surface area contributed by atoms with Crippen LogP contribution in [0.4, 0.5) is 11.4 Å². The van der Waals surface area contributed by atoms with Crippen LogP contribution in [0.3, 0.4) is 0 Å². The van der Waals surface area contributed by atoms with E-state index in [9.17, 15) is 63.4 Å². The molecule has 9 aromatic rings. The number of carbonyl (C=O) groups is 9. The minimum atomic E-state index is -1.70. The molecule has 0 unspecified atom stereocenters. The molecule has 0 heterocycles. The minimum Gasteiger partial charge on any atom is -0.481 e. The van der Waals surface area contributed by atoms with Gasteiger partial charge in [0.2, 0.25) is 5.24 Å². The second-order valence-electron chi connectivity index (χ2n) is 38.3. The molecule has 12 aliphatic rings. The quantitative estimate of drug-likeness (QED) is 0.0264. The van der Waals surface area contributed by atoms with Crippen molar-refractivity contribution >= 4 is 113 Å². The highest BCUT2D eigenvalue weighted by Gasteiger charge is 2.37. The Morgan fingerprint density at radius 3 is 1.29 bits per heavy atom. The first-order valence-corrected chi connectivity index (χ1v) is 49.4. The van der Waals surface area contributed by atoms with Crippen molar-refractivity contribution < 1.29 is 94.2 Å². The van der Waals surface area contributed by atoms with Gasteiger partial charge in [-0.2, -0.15) is 0 Å². The number of esters is 3. The van der Waals surface area contributed by atoms with Crippen molar-refractivity contribution in [2.75, 3.05) is 0 Å². The maximum atomic E-state index is 11.8. The Morgan fingerprint density at radius 1 is 0.381 bits per heavy atom. The van der Waals surface area contributed by atoms with E-state index in [-0.39, 0.29) is 88.0 Å². The molecule has 0 radical (unpaired) electrons. The number of ether oxygens (including phenoxy) is 3. The Bertz CT molecular complexity index is 6960. The van der Waals surface area contributed by atoms with Gasteiger partial charge in [-0.15, -0.1) is 0 Å². The zero-order valence-corrected chi connectivity index (χ0v) is 84.3. The van der Waals surface area contributed by atoms with Crippen LogP contribution in [0, 0.1) is 20.2 Å². The SMILES string of the molecule is C=CC(=O)OC(C)(C)C.O=C1CCc2cc(Br)ccc21.[2H]C1([2H])CCc2c1cc1c(c2[N+](=O)[O-])CCC1=O.[2H]C1([2H])CCc2cc(/C=C/C(=O)OC(C)(C)C)ccc21.[2H]C1([2H])CCc2cc(Br)ccc21.[2H]C1([2H])CCc2cc(CCC(=O)Cl)ccc21.[2H]C1([2H])CCc2cc(CCC(=O)O)ccc21.[2H]C1([2H])CCc2cc(CCC(=O)OC(C)(C)C)ccc21.[2H]C1([2H])CCc2cc3c(c([N+](=O)[O-])c21)C(=O)CC3.[2H]C1([2H])CCc2cc3c(cc21)C(=O)CC3. The van der Waals surface area contributed by atoms with Gasteiger partial charge in [0.25, 0.3) is 11.4 Å². The number of carboxylic acids is 1. The number of benzene rings is 9. The molecular formula is C117H131Br2ClN2O17. The van der Waals surface area contributed by atoms with E-state index in [1.807, 2.05) is 172 Å². The van der Waals surface area contributed by atoms with E-state index >= 15 is 0 Å². The summed E-state index contributed by atoms with van der Waals surface area (Å²) in [5.41, 5.74) is 20.9. The average Bonchev–Trinajstić information content (AvgIpc) is 1.59. The maximum Gasteiger partial charge on any atom is 0.331 e. The summed E-state index contributed by atoms with van der Waals surface area (Å²) in [4.78, 5) is 122. The molecule has 1 N–H and O–H groups in total. The molecule has 9 aromatic carbocycles. The van der Waals surface area contributed by atoms with Gasteiger partial charge in [-0.3, -0.25) is 53.8 Å². The molecule has 0 saturated carbocycles. The molecule has 0 saturated heterocycles. The number of hydrogen-bond acceptors (Lipinski definition) is 16. The molecule has 0 fully saturated rings. The molecule has 21 rings (SSSR count). The summed E-state index contributed by atoms with van der Waals surface area (Å²) in [6.07, 6.45) is 10.5. The summed E-state index contributed by atoms with van der Waals surface area (Å²) in [6, 6.07) is 41.6. The molecule has 139 heavy (non-hydrogen) atoms. The Balaban J connectivity index is 0.000000153. The van der Waals surface area contributed by atoms with Crippen LogP contribution in [0.5, 0.6) is 0 Å². The Hall–Kier alpha value is -11.3. The van der Waals surface area contributed by atoms with E-state index in [2.05, 4.69) is 38.4 Å². The topological polar surface area (TPSA) is 288 Å². The fraction of sp³-hybridized carbons (Fsp3) is 0.427. The summed E-state index contributed by atoms with van der Waals surface area (Å²) >= 11 is 12.0. The summed E-state index contributed by atoms with van der Waals surface area (Å²) < 4.78 is 143. The lowest BCUT2D eigenvalue weighted by Gasteiger charge is -2.19.